The highest BCUT2D eigenvalue weighted by Crippen LogP contribution is 2.24. The minimum Gasteiger partial charge on any atom is -0.497 e. The number of benzene rings is 1. The van der Waals surface area contributed by atoms with E-state index in [4.69, 9.17) is 4.74 Å². The summed E-state index contributed by atoms with van der Waals surface area (Å²) in [5.41, 5.74) is 2.37. The first-order valence-corrected chi connectivity index (χ1v) is 8.23. The molecule has 130 valence electrons. The van der Waals surface area contributed by atoms with Gasteiger partial charge in [0.25, 0.3) is 5.91 Å². The molecule has 1 aromatic heterocycles. The molecule has 2 amide bonds. The van der Waals surface area contributed by atoms with Gasteiger partial charge in [0.05, 0.1) is 12.7 Å². The third-order valence-electron chi connectivity index (χ3n) is 4.40. The van der Waals surface area contributed by atoms with Gasteiger partial charge in [0, 0.05) is 51.1 Å². The van der Waals surface area contributed by atoms with Gasteiger partial charge in [-0.15, -0.1) is 0 Å². The monoisotopic (exact) mass is 339 g/mol. The van der Waals surface area contributed by atoms with Crippen LogP contribution in [0.3, 0.4) is 0 Å². The maximum absolute atomic E-state index is 12.7. The van der Waals surface area contributed by atoms with Crippen molar-refractivity contribution in [3.63, 3.8) is 0 Å². The van der Waals surface area contributed by atoms with E-state index in [-0.39, 0.29) is 11.8 Å². The van der Waals surface area contributed by atoms with E-state index in [0.717, 1.165) is 16.9 Å². The number of nitrogens with zero attached hydrogens (tertiary/aromatic N) is 3. The van der Waals surface area contributed by atoms with E-state index in [9.17, 15) is 9.59 Å². The quantitative estimate of drug-likeness (QED) is 0.859. The molecule has 3 rings (SSSR count). The van der Waals surface area contributed by atoms with E-state index >= 15 is 0 Å². The maximum Gasteiger partial charge on any atom is 0.255 e. The molecule has 2 heterocycles. The van der Waals surface area contributed by atoms with Gasteiger partial charge < -0.3 is 14.5 Å². The lowest BCUT2D eigenvalue weighted by Crippen LogP contribution is -2.50. The number of ether oxygens (including phenoxy) is 1. The Morgan fingerprint density at radius 1 is 1.00 bits per heavy atom. The number of methoxy groups -OCH3 is 1. The second-order valence-electron chi connectivity index (χ2n) is 5.99. The largest absolute Gasteiger partial charge is 0.497 e. The van der Waals surface area contributed by atoms with Crippen molar-refractivity contribution in [3.8, 4) is 16.9 Å². The smallest absolute Gasteiger partial charge is 0.255 e. The molecule has 0 radical (unpaired) electrons. The van der Waals surface area contributed by atoms with Gasteiger partial charge in [-0.3, -0.25) is 14.6 Å². The molecular weight excluding hydrogens is 318 g/mol. The summed E-state index contributed by atoms with van der Waals surface area (Å²) < 4.78 is 5.25. The van der Waals surface area contributed by atoms with E-state index in [1.165, 1.54) is 0 Å². The third kappa shape index (κ3) is 3.79. The van der Waals surface area contributed by atoms with Crippen LogP contribution in [-0.2, 0) is 4.79 Å². The molecule has 0 bridgehead atoms. The first-order chi connectivity index (χ1) is 12.1. The molecule has 0 saturated carbocycles. The molecule has 0 spiro atoms. The molecule has 0 atom stereocenters. The van der Waals surface area contributed by atoms with Crippen LogP contribution < -0.4 is 4.74 Å². The lowest BCUT2D eigenvalue weighted by atomic mass is 10.1. The van der Waals surface area contributed by atoms with Crippen LogP contribution in [0.4, 0.5) is 0 Å². The van der Waals surface area contributed by atoms with Crippen molar-refractivity contribution in [2.75, 3.05) is 33.3 Å². The van der Waals surface area contributed by atoms with Crippen LogP contribution in [0.15, 0.2) is 42.7 Å². The van der Waals surface area contributed by atoms with Gasteiger partial charge in [-0.2, -0.15) is 0 Å². The minimum atomic E-state index is -0.0551. The van der Waals surface area contributed by atoms with Gasteiger partial charge >= 0.3 is 0 Å². The summed E-state index contributed by atoms with van der Waals surface area (Å²) in [5, 5.41) is 0. The Morgan fingerprint density at radius 2 is 1.72 bits per heavy atom. The van der Waals surface area contributed by atoms with Gasteiger partial charge in [-0.1, -0.05) is 12.1 Å². The van der Waals surface area contributed by atoms with Gasteiger partial charge in [-0.05, 0) is 23.8 Å². The number of carbonyl (C=O) groups excluding carboxylic acids is 2. The number of hydrogen-bond donors (Lipinski definition) is 0. The summed E-state index contributed by atoms with van der Waals surface area (Å²) in [4.78, 5) is 31.9. The highest BCUT2D eigenvalue weighted by molar-refractivity contribution is 5.95. The predicted molar refractivity (Wildman–Crippen MR) is 94.4 cm³/mol. The molecular formula is C19H21N3O3. The Kier molecular flexibility index (Phi) is 4.97. The lowest BCUT2D eigenvalue weighted by molar-refractivity contribution is -0.130. The topological polar surface area (TPSA) is 62.7 Å². The van der Waals surface area contributed by atoms with Crippen molar-refractivity contribution < 1.29 is 14.3 Å². The minimum absolute atomic E-state index is 0.0498. The molecule has 0 N–H and O–H groups in total. The number of aromatic nitrogens is 1. The fourth-order valence-electron chi connectivity index (χ4n) is 2.92. The zero-order chi connectivity index (χ0) is 17.8. The van der Waals surface area contributed by atoms with Gasteiger partial charge in [0.2, 0.25) is 5.91 Å². The molecule has 6 nitrogen and oxygen atoms in total. The van der Waals surface area contributed by atoms with Gasteiger partial charge in [0.1, 0.15) is 5.75 Å². The average Bonchev–Trinajstić information content (AvgIpc) is 2.67. The molecule has 1 aromatic carbocycles. The van der Waals surface area contributed by atoms with Crippen LogP contribution in [0.2, 0.25) is 0 Å². The van der Waals surface area contributed by atoms with Crippen molar-refractivity contribution in [1.29, 1.82) is 0 Å². The second kappa shape index (κ2) is 7.34. The summed E-state index contributed by atoms with van der Waals surface area (Å²) in [6.07, 6.45) is 3.32. The summed E-state index contributed by atoms with van der Waals surface area (Å²) in [7, 11) is 1.62. The first-order valence-electron chi connectivity index (χ1n) is 8.23. The highest BCUT2D eigenvalue weighted by Gasteiger charge is 2.23. The Labute approximate surface area is 147 Å². The molecule has 1 saturated heterocycles. The van der Waals surface area contributed by atoms with Gasteiger partial charge in [0.15, 0.2) is 0 Å². The molecule has 6 heteroatoms. The van der Waals surface area contributed by atoms with E-state index in [1.807, 2.05) is 30.3 Å². The van der Waals surface area contributed by atoms with Crippen molar-refractivity contribution >= 4 is 11.8 Å². The highest BCUT2D eigenvalue weighted by atomic mass is 16.5. The summed E-state index contributed by atoms with van der Waals surface area (Å²) in [5.74, 6) is 0.754. The fraction of sp³-hybridized carbons (Fsp3) is 0.316. The average molecular weight is 339 g/mol. The maximum atomic E-state index is 12.7. The van der Waals surface area contributed by atoms with Crippen LogP contribution in [0.1, 0.15) is 17.3 Å². The molecule has 0 aliphatic carbocycles. The van der Waals surface area contributed by atoms with Crippen molar-refractivity contribution in [1.82, 2.24) is 14.8 Å². The molecule has 25 heavy (non-hydrogen) atoms. The van der Waals surface area contributed by atoms with E-state index in [0.29, 0.717) is 31.7 Å². The molecule has 2 aromatic rings. The molecule has 1 aliphatic rings. The third-order valence-corrected chi connectivity index (χ3v) is 4.40. The standard InChI is InChI=1S/C19H21N3O3/c1-14(23)21-6-8-22(9-7-21)19(24)17-10-16(12-20-13-17)15-4-3-5-18(11-15)25-2/h3-5,10-13H,6-9H2,1-2H3. The number of rotatable bonds is 3. The molecule has 1 fully saturated rings. The van der Waals surface area contributed by atoms with Crippen molar-refractivity contribution in [2.24, 2.45) is 0 Å². The summed E-state index contributed by atoms with van der Waals surface area (Å²) in [6, 6.07) is 9.50. The number of hydrogen-bond acceptors (Lipinski definition) is 4. The molecule has 1 aliphatic heterocycles. The lowest BCUT2D eigenvalue weighted by Gasteiger charge is -2.34. The van der Waals surface area contributed by atoms with Crippen molar-refractivity contribution in [2.45, 2.75) is 6.92 Å². The van der Waals surface area contributed by atoms with E-state index < -0.39 is 0 Å². The van der Waals surface area contributed by atoms with E-state index in [1.54, 1.807) is 36.2 Å². The Morgan fingerprint density at radius 3 is 2.40 bits per heavy atom. The fourth-order valence-corrected chi connectivity index (χ4v) is 2.92. The predicted octanol–water partition coefficient (Wildman–Crippen LogP) is 2.06. The van der Waals surface area contributed by atoms with Crippen LogP contribution in [-0.4, -0.2) is 59.9 Å². The number of amides is 2. The van der Waals surface area contributed by atoms with E-state index in [2.05, 4.69) is 4.98 Å². The number of piperazine rings is 1. The summed E-state index contributed by atoms with van der Waals surface area (Å²) >= 11 is 0. The zero-order valence-electron chi connectivity index (χ0n) is 14.4. The van der Waals surface area contributed by atoms with Crippen molar-refractivity contribution in [3.05, 3.63) is 48.3 Å². The van der Waals surface area contributed by atoms with Crippen LogP contribution >= 0.6 is 0 Å². The van der Waals surface area contributed by atoms with Gasteiger partial charge in [-0.25, -0.2) is 0 Å². The summed E-state index contributed by atoms with van der Waals surface area (Å²) in [6.45, 7) is 3.79. The SMILES string of the molecule is COc1cccc(-c2cncc(C(=O)N3CCN(C(C)=O)CC3)c2)c1. The van der Waals surface area contributed by atoms with Crippen LogP contribution in [0, 0.1) is 0 Å². The number of pyridine rings is 1. The Bertz CT molecular complexity index is 783. The van der Waals surface area contributed by atoms with Crippen LogP contribution in [0.5, 0.6) is 5.75 Å². The Hall–Kier alpha value is -2.89. The first kappa shape index (κ1) is 17.0. The number of carbonyl (C=O) groups is 2. The van der Waals surface area contributed by atoms with Crippen LogP contribution in [0.25, 0.3) is 11.1 Å². The molecule has 0 unspecified atom stereocenters. The second-order valence-corrected chi connectivity index (χ2v) is 5.99. The Balaban J connectivity index is 1.77. The normalized spacial score (nSPS) is 14.3. The zero-order valence-corrected chi connectivity index (χ0v) is 14.4.